The highest BCUT2D eigenvalue weighted by Crippen LogP contribution is 2.32. The van der Waals surface area contributed by atoms with Crippen molar-refractivity contribution in [2.45, 2.75) is 18.3 Å². The van der Waals surface area contributed by atoms with Gasteiger partial charge in [0.25, 0.3) is 0 Å². The molecule has 102 valence electrons. The quantitative estimate of drug-likeness (QED) is 0.616. The summed E-state index contributed by atoms with van der Waals surface area (Å²) in [7, 11) is 0. The summed E-state index contributed by atoms with van der Waals surface area (Å²) in [4.78, 5) is 23.5. The van der Waals surface area contributed by atoms with Crippen LogP contribution in [0, 0.1) is 0 Å². The van der Waals surface area contributed by atoms with Gasteiger partial charge in [0.2, 0.25) is 11.7 Å². The SMILES string of the molecule is O=C(/C=C/c1ccccc1)NC1=C[C@H](O)[C@@H]2O[C@@H]2C1=O. The van der Waals surface area contributed by atoms with Gasteiger partial charge in [-0.3, -0.25) is 9.59 Å². The monoisotopic (exact) mass is 271 g/mol. The number of Topliss-reactive ketones (excluding diaryl/α,β-unsaturated/α-hetero) is 1. The predicted molar refractivity (Wildman–Crippen MR) is 71.4 cm³/mol. The van der Waals surface area contributed by atoms with Crippen LogP contribution in [0.15, 0.2) is 48.2 Å². The van der Waals surface area contributed by atoms with Crippen LogP contribution in [0.3, 0.4) is 0 Å². The van der Waals surface area contributed by atoms with Crippen LogP contribution in [0.5, 0.6) is 0 Å². The molecule has 0 aromatic heterocycles. The van der Waals surface area contributed by atoms with Gasteiger partial charge < -0.3 is 15.2 Å². The third-order valence-corrected chi connectivity index (χ3v) is 3.21. The van der Waals surface area contributed by atoms with Gasteiger partial charge in [-0.15, -0.1) is 0 Å². The number of aliphatic hydroxyl groups excluding tert-OH is 1. The highest BCUT2D eigenvalue weighted by atomic mass is 16.6. The Morgan fingerprint density at radius 1 is 1.30 bits per heavy atom. The fraction of sp³-hybridized carbons (Fsp3) is 0.200. The Labute approximate surface area is 115 Å². The molecule has 0 saturated carbocycles. The predicted octanol–water partition coefficient (Wildman–Crippen LogP) is 0.411. The molecule has 0 spiro atoms. The zero-order valence-corrected chi connectivity index (χ0v) is 10.5. The molecule has 2 N–H and O–H groups in total. The van der Waals surface area contributed by atoms with Crippen LogP contribution in [0.25, 0.3) is 6.08 Å². The molecular weight excluding hydrogens is 258 g/mol. The van der Waals surface area contributed by atoms with Gasteiger partial charge in [0.15, 0.2) is 6.10 Å². The standard InChI is InChI=1S/C15H13NO4/c17-11-8-10(13(19)15-14(11)20-15)16-12(18)7-6-9-4-2-1-3-5-9/h1-8,11,14-15,17H,(H,16,18)/b7-6+/t11-,14-,15+/m0/s1. The van der Waals surface area contributed by atoms with Gasteiger partial charge in [-0.2, -0.15) is 0 Å². The first-order chi connectivity index (χ1) is 9.65. The van der Waals surface area contributed by atoms with Crippen molar-refractivity contribution in [1.82, 2.24) is 5.32 Å². The van der Waals surface area contributed by atoms with Gasteiger partial charge in [0.05, 0.1) is 5.70 Å². The number of amides is 1. The molecule has 5 nitrogen and oxygen atoms in total. The van der Waals surface area contributed by atoms with Crippen LogP contribution in [0.1, 0.15) is 5.56 Å². The first kappa shape index (κ1) is 12.8. The average Bonchev–Trinajstić information content (AvgIpc) is 3.25. The minimum atomic E-state index is -0.842. The number of aliphatic hydroxyl groups is 1. The number of ketones is 1. The van der Waals surface area contributed by atoms with E-state index in [1.54, 1.807) is 6.08 Å². The van der Waals surface area contributed by atoms with Crippen molar-refractivity contribution >= 4 is 17.8 Å². The molecule has 2 aliphatic rings. The van der Waals surface area contributed by atoms with E-state index < -0.39 is 24.2 Å². The molecule has 0 radical (unpaired) electrons. The summed E-state index contributed by atoms with van der Waals surface area (Å²) in [5, 5.41) is 12.1. The fourth-order valence-corrected chi connectivity index (χ4v) is 2.11. The van der Waals surface area contributed by atoms with Gasteiger partial charge in [0.1, 0.15) is 12.2 Å². The van der Waals surface area contributed by atoms with E-state index >= 15 is 0 Å². The molecule has 1 heterocycles. The normalized spacial score (nSPS) is 27.9. The number of carbonyl (C=O) groups excluding carboxylic acids is 2. The zero-order chi connectivity index (χ0) is 14.1. The van der Waals surface area contributed by atoms with Crippen LogP contribution in [-0.2, 0) is 14.3 Å². The second-order valence-corrected chi connectivity index (χ2v) is 4.69. The maximum Gasteiger partial charge on any atom is 0.248 e. The third-order valence-electron chi connectivity index (χ3n) is 3.21. The number of ether oxygens (including phenoxy) is 1. The van der Waals surface area contributed by atoms with Crippen LogP contribution >= 0.6 is 0 Å². The number of nitrogens with one attached hydrogen (secondary N) is 1. The average molecular weight is 271 g/mol. The van der Waals surface area contributed by atoms with Crippen molar-refractivity contribution in [3.63, 3.8) is 0 Å². The third kappa shape index (κ3) is 2.54. The van der Waals surface area contributed by atoms with E-state index in [4.69, 9.17) is 4.74 Å². The fourth-order valence-electron chi connectivity index (χ4n) is 2.11. The number of epoxide rings is 1. The Balaban J connectivity index is 1.65. The van der Waals surface area contributed by atoms with Crippen molar-refractivity contribution < 1.29 is 19.4 Å². The minimum Gasteiger partial charge on any atom is -0.386 e. The van der Waals surface area contributed by atoms with Gasteiger partial charge in [-0.1, -0.05) is 30.3 Å². The number of benzene rings is 1. The van der Waals surface area contributed by atoms with Crippen LogP contribution < -0.4 is 5.32 Å². The Hall–Kier alpha value is -2.24. The number of rotatable bonds is 3. The van der Waals surface area contributed by atoms with E-state index in [9.17, 15) is 14.7 Å². The summed E-state index contributed by atoms with van der Waals surface area (Å²) in [6.07, 6.45) is 2.42. The van der Waals surface area contributed by atoms with E-state index in [1.165, 1.54) is 12.2 Å². The Morgan fingerprint density at radius 2 is 2.05 bits per heavy atom. The van der Waals surface area contributed by atoms with Gasteiger partial charge in [-0.05, 0) is 17.7 Å². The lowest BCUT2D eigenvalue weighted by Gasteiger charge is -2.12. The van der Waals surface area contributed by atoms with E-state index in [2.05, 4.69) is 5.32 Å². The highest BCUT2D eigenvalue weighted by molar-refractivity contribution is 6.06. The lowest BCUT2D eigenvalue weighted by molar-refractivity contribution is -0.121. The summed E-state index contributed by atoms with van der Waals surface area (Å²) in [6.45, 7) is 0. The molecule has 1 aliphatic heterocycles. The first-order valence-corrected chi connectivity index (χ1v) is 6.29. The summed E-state index contributed by atoms with van der Waals surface area (Å²) >= 11 is 0. The van der Waals surface area contributed by atoms with Crippen LogP contribution in [0.2, 0.25) is 0 Å². The van der Waals surface area contributed by atoms with Gasteiger partial charge in [-0.25, -0.2) is 0 Å². The molecule has 3 rings (SSSR count). The summed E-state index contributed by atoms with van der Waals surface area (Å²) < 4.78 is 5.02. The number of hydrogen-bond donors (Lipinski definition) is 2. The Bertz CT molecular complexity index is 606. The van der Waals surface area contributed by atoms with E-state index in [-0.39, 0.29) is 11.5 Å². The second-order valence-electron chi connectivity index (χ2n) is 4.69. The zero-order valence-electron chi connectivity index (χ0n) is 10.5. The van der Waals surface area contributed by atoms with Gasteiger partial charge >= 0.3 is 0 Å². The molecule has 3 atom stereocenters. The second kappa shape index (κ2) is 5.03. The van der Waals surface area contributed by atoms with Crippen LogP contribution in [0.4, 0.5) is 0 Å². The van der Waals surface area contributed by atoms with Crippen molar-refractivity contribution in [2.75, 3.05) is 0 Å². The lowest BCUT2D eigenvalue weighted by Crippen LogP contribution is -2.35. The number of fused-ring (bicyclic) bond motifs is 1. The molecule has 1 fully saturated rings. The topological polar surface area (TPSA) is 78.9 Å². The highest BCUT2D eigenvalue weighted by Gasteiger charge is 2.53. The molecule has 1 saturated heterocycles. The molecular formula is C15H13NO4. The first-order valence-electron chi connectivity index (χ1n) is 6.29. The van der Waals surface area contributed by atoms with Crippen molar-refractivity contribution in [2.24, 2.45) is 0 Å². The smallest absolute Gasteiger partial charge is 0.248 e. The summed E-state index contributed by atoms with van der Waals surface area (Å²) in [5.74, 6) is -0.707. The Morgan fingerprint density at radius 3 is 2.80 bits per heavy atom. The van der Waals surface area contributed by atoms with E-state index in [0.717, 1.165) is 5.56 Å². The van der Waals surface area contributed by atoms with E-state index in [1.807, 2.05) is 30.3 Å². The Kier molecular flexibility index (Phi) is 3.22. The molecule has 0 bridgehead atoms. The van der Waals surface area contributed by atoms with Crippen molar-refractivity contribution in [3.8, 4) is 0 Å². The maximum absolute atomic E-state index is 11.8. The van der Waals surface area contributed by atoms with Crippen molar-refractivity contribution in [1.29, 1.82) is 0 Å². The van der Waals surface area contributed by atoms with Crippen LogP contribution in [-0.4, -0.2) is 35.1 Å². The molecule has 5 heteroatoms. The molecule has 0 unspecified atom stereocenters. The van der Waals surface area contributed by atoms with Crippen molar-refractivity contribution in [3.05, 3.63) is 53.7 Å². The number of carbonyl (C=O) groups is 2. The molecule has 1 amide bonds. The molecule has 1 aromatic carbocycles. The summed E-state index contributed by atoms with van der Waals surface area (Å²) in [5.41, 5.74) is 0.983. The molecule has 1 aliphatic carbocycles. The molecule has 1 aromatic rings. The summed E-state index contributed by atoms with van der Waals surface area (Å²) in [6, 6.07) is 9.34. The largest absolute Gasteiger partial charge is 0.386 e. The maximum atomic E-state index is 11.8. The number of hydrogen-bond acceptors (Lipinski definition) is 4. The minimum absolute atomic E-state index is 0.0963. The lowest BCUT2D eigenvalue weighted by atomic mass is 10.0. The molecule has 20 heavy (non-hydrogen) atoms. The van der Waals surface area contributed by atoms with Gasteiger partial charge in [0, 0.05) is 6.08 Å². The van der Waals surface area contributed by atoms with E-state index in [0.29, 0.717) is 0 Å².